The van der Waals surface area contributed by atoms with E-state index in [9.17, 15) is 9.59 Å². The highest BCUT2D eigenvalue weighted by Crippen LogP contribution is 2.25. The second-order valence-corrected chi connectivity index (χ2v) is 9.65. The van der Waals surface area contributed by atoms with Gasteiger partial charge >= 0.3 is 0 Å². The molecule has 2 atom stereocenters. The van der Waals surface area contributed by atoms with Crippen LogP contribution < -0.4 is 10.9 Å². The van der Waals surface area contributed by atoms with Crippen molar-refractivity contribution in [2.75, 3.05) is 19.5 Å². The summed E-state index contributed by atoms with van der Waals surface area (Å²) in [5.41, 5.74) is 4.49. The van der Waals surface area contributed by atoms with Gasteiger partial charge in [0.05, 0.1) is 35.3 Å². The first kappa shape index (κ1) is 23.5. The molecule has 1 heterocycles. The lowest BCUT2D eigenvalue weighted by molar-refractivity contribution is -0.119. The van der Waals surface area contributed by atoms with E-state index < -0.39 is 0 Å². The fourth-order valence-electron chi connectivity index (χ4n) is 4.45. The molecule has 7 heteroatoms. The Morgan fingerprint density at radius 3 is 2.70 bits per heavy atom. The Morgan fingerprint density at radius 2 is 1.91 bits per heavy atom. The van der Waals surface area contributed by atoms with E-state index >= 15 is 0 Å². The zero-order valence-corrected chi connectivity index (χ0v) is 20.3. The summed E-state index contributed by atoms with van der Waals surface area (Å²) < 4.78 is 6.91. The molecule has 1 amide bonds. The van der Waals surface area contributed by atoms with Crippen LogP contribution in [0.15, 0.2) is 52.4 Å². The summed E-state index contributed by atoms with van der Waals surface area (Å²) in [7, 11) is 1.61. The lowest BCUT2D eigenvalue weighted by Gasteiger charge is -2.21. The Balaban J connectivity index is 1.49. The minimum absolute atomic E-state index is 0.0792. The summed E-state index contributed by atoms with van der Waals surface area (Å²) in [6, 6.07) is 13.6. The molecule has 2 aromatic carbocycles. The molecule has 2 unspecified atom stereocenters. The van der Waals surface area contributed by atoms with Crippen molar-refractivity contribution in [2.24, 2.45) is 0 Å². The molecule has 0 bridgehead atoms. The number of carbonyl (C=O) groups is 1. The van der Waals surface area contributed by atoms with Gasteiger partial charge in [0, 0.05) is 7.11 Å². The van der Waals surface area contributed by atoms with Crippen molar-refractivity contribution < 1.29 is 9.53 Å². The van der Waals surface area contributed by atoms with Crippen LogP contribution in [0.2, 0.25) is 0 Å². The first-order chi connectivity index (χ1) is 16.0. The van der Waals surface area contributed by atoms with Crippen molar-refractivity contribution in [3.63, 3.8) is 0 Å². The smallest absolute Gasteiger partial charge is 0.262 e. The van der Waals surface area contributed by atoms with Gasteiger partial charge in [0.25, 0.3) is 5.56 Å². The van der Waals surface area contributed by atoms with Crippen molar-refractivity contribution in [2.45, 2.75) is 56.8 Å². The molecule has 33 heavy (non-hydrogen) atoms. The van der Waals surface area contributed by atoms with Gasteiger partial charge < -0.3 is 10.1 Å². The van der Waals surface area contributed by atoms with Crippen LogP contribution in [-0.2, 0) is 22.4 Å². The van der Waals surface area contributed by atoms with Crippen molar-refractivity contribution in [3.05, 3.63) is 69.5 Å². The number of carbonyl (C=O) groups excluding carboxylic acids is 1. The Hall–Kier alpha value is -2.64. The lowest BCUT2D eigenvalue weighted by atomic mass is 9.89. The molecular weight excluding hydrogens is 434 g/mol. The van der Waals surface area contributed by atoms with Crippen molar-refractivity contribution in [3.8, 4) is 0 Å². The summed E-state index contributed by atoms with van der Waals surface area (Å²) in [6.45, 7) is 4.32. The Kier molecular flexibility index (Phi) is 7.50. The summed E-state index contributed by atoms with van der Waals surface area (Å²) in [6.07, 6.45) is 4.75. The SMILES string of the molecule is COCC(C)n1c(SCC(=O)NC(C)c2ccc3c(c2)CCCC3)nc2ccccc2c1=O. The van der Waals surface area contributed by atoms with E-state index in [-0.39, 0.29) is 29.3 Å². The van der Waals surface area contributed by atoms with Crippen LogP contribution in [0.5, 0.6) is 0 Å². The second kappa shape index (κ2) is 10.5. The third-order valence-corrected chi connectivity index (χ3v) is 7.16. The van der Waals surface area contributed by atoms with E-state index in [4.69, 9.17) is 4.74 Å². The van der Waals surface area contributed by atoms with Crippen LogP contribution in [-0.4, -0.2) is 34.9 Å². The highest BCUT2D eigenvalue weighted by atomic mass is 32.2. The molecule has 0 saturated heterocycles. The molecule has 1 N–H and O–H groups in total. The highest BCUT2D eigenvalue weighted by Gasteiger charge is 2.19. The zero-order valence-electron chi connectivity index (χ0n) is 19.5. The molecule has 0 radical (unpaired) electrons. The highest BCUT2D eigenvalue weighted by molar-refractivity contribution is 7.99. The van der Waals surface area contributed by atoms with Gasteiger partial charge in [0.1, 0.15) is 0 Å². The van der Waals surface area contributed by atoms with Crippen LogP contribution >= 0.6 is 11.8 Å². The first-order valence-corrected chi connectivity index (χ1v) is 12.5. The molecule has 174 valence electrons. The second-order valence-electron chi connectivity index (χ2n) is 8.70. The number of rotatable bonds is 8. The van der Waals surface area contributed by atoms with E-state index in [1.54, 1.807) is 17.7 Å². The number of nitrogens with one attached hydrogen (secondary N) is 1. The van der Waals surface area contributed by atoms with E-state index in [0.717, 1.165) is 18.4 Å². The van der Waals surface area contributed by atoms with E-state index in [0.29, 0.717) is 22.7 Å². The van der Waals surface area contributed by atoms with Gasteiger partial charge in [-0.2, -0.15) is 0 Å². The number of ether oxygens (including phenoxy) is 1. The summed E-state index contributed by atoms with van der Waals surface area (Å²) >= 11 is 1.28. The molecule has 0 fully saturated rings. The largest absolute Gasteiger partial charge is 0.383 e. The maximum Gasteiger partial charge on any atom is 0.262 e. The van der Waals surface area contributed by atoms with E-state index in [1.807, 2.05) is 32.0 Å². The summed E-state index contributed by atoms with van der Waals surface area (Å²) in [5.74, 6) is 0.0957. The standard InChI is InChI=1S/C26H31N3O3S/c1-17(15-32-3)29-25(31)22-10-6-7-11-23(22)28-26(29)33-16-24(30)27-18(2)20-13-12-19-8-4-5-9-21(19)14-20/h6-7,10-14,17-18H,4-5,8-9,15-16H2,1-3H3,(H,27,30). The van der Waals surface area contributed by atoms with Gasteiger partial charge in [0.2, 0.25) is 5.91 Å². The van der Waals surface area contributed by atoms with Gasteiger partial charge in [-0.25, -0.2) is 4.98 Å². The Morgan fingerprint density at radius 1 is 1.15 bits per heavy atom. The number of aromatic nitrogens is 2. The number of fused-ring (bicyclic) bond motifs is 2. The Labute approximate surface area is 198 Å². The molecule has 0 saturated carbocycles. The zero-order chi connectivity index (χ0) is 23.4. The quantitative estimate of drug-likeness (QED) is 0.393. The number of aryl methyl sites for hydroxylation is 2. The third-order valence-electron chi connectivity index (χ3n) is 6.21. The fourth-order valence-corrected chi connectivity index (χ4v) is 5.36. The molecule has 6 nitrogen and oxygen atoms in total. The molecule has 3 aromatic rings. The van der Waals surface area contributed by atoms with Gasteiger partial charge in [-0.1, -0.05) is 42.1 Å². The van der Waals surface area contributed by atoms with Crippen LogP contribution in [0.1, 0.15) is 55.5 Å². The predicted molar refractivity (Wildman–Crippen MR) is 133 cm³/mol. The number of nitrogens with zero attached hydrogens (tertiary/aromatic N) is 2. The number of methoxy groups -OCH3 is 1. The Bertz CT molecular complexity index is 1210. The van der Waals surface area contributed by atoms with Gasteiger partial charge in [-0.3, -0.25) is 14.2 Å². The van der Waals surface area contributed by atoms with Crippen molar-refractivity contribution in [1.82, 2.24) is 14.9 Å². The number of thioether (sulfide) groups is 1. The fraction of sp³-hybridized carbons (Fsp3) is 0.423. The van der Waals surface area contributed by atoms with Gasteiger partial charge in [-0.05, 0) is 68.4 Å². The minimum atomic E-state index is -0.195. The van der Waals surface area contributed by atoms with Crippen LogP contribution in [0.25, 0.3) is 10.9 Å². The molecule has 1 aromatic heterocycles. The number of benzene rings is 2. The minimum Gasteiger partial charge on any atom is -0.383 e. The van der Waals surface area contributed by atoms with Gasteiger partial charge in [0.15, 0.2) is 5.16 Å². The molecule has 0 aliphatic heterocycles. The summed E-state index contributed by atoms with van der Waals surface area (Å²) in [4.78, 5) is 30.6. The van der Waals surface area contributed by atoms with E-state index in [1.165, 1.54) is 35.7 Å². The number of hydrogen-bond donors (Lipinski definition) is 1. The predicted octanol–water partition coefficient (Wildman–Crippen LogP) is 4.45. The van der Waals surface area contributed by atoms with Crippen LogP contribution in [0, 0.1) is 0 Å². The third kappa shape index (κ3) is 5.31. The number of hydrogen-bond acceptors (Lipinski definition) is 5. The van der Waals surface area contributed by atoms with Crippen LogP contribution in [0.3, 0.4) is 0 Å². The molecule has 1 aliphatic carbocycles. The molecule has 1 aliphatic rings. The summed E-state index contributed by atoms with van der Waals surface area (Å²) in [5, 5.41) is 4.19. The number of amides is 1. The maximum absolute atomic E-state index is 13.1. The lowest BCUT2D eigenvalue weighted by Crippen LogP contribution is -2.30. The van der Waals surface area contributed by atoms with E-state index in [2.05, 4.69) is 28.5 Å². The number of para-hydroxylation sites is 1. The first-order valence-electron chi connectivity index (χ1n) is 11.5. The van der Waals surface area contributed by atoms with Crippen molar-refractivity contribution >= 4 is 28.6 Å². The van der Waals surface area contributed by atoms with Crippen LogP contribution in [0.4, 0.5) is 0 Å². The maximum atomic E-state index is 13.1. The van der Waals surface area contributed by atoms with Crippen molar-refractivity contribution in [1.29, 1.82) is 0 Å². The topological polar surface area (TPSA) is 73.2 Å². The molecule has 0 spiro atoms. The monoisotopic (exact) mass is 465 g/mol. The molecule has 4 rings (SSSR count). The average Bonchev–Trinajstić information content (AvgIpc) is 2.82. The normalized spacial score (nSPS) is 15.1. The van der Waals surface area contributed by atoms with Gasteiger partial charge in [-0.15, -0.1) is 0 Å². The molecular formula is C26H31N3O3S. The average molecular weight is 466 g/mol.